The van der Waals surface area contributed by atoms with Gasteiger partial charge in [0.25, 0.3) is 0 Å². The molecule has 0 N–H and O–H groups in total. The molecule has 0 aromatic carbocycles. The molecule has 0 aliphatic heterocycles. The summed E-state index contributed by atoms with van der Waals surface area (Å²) in [7, 11) is 0. The lowest BCUT2D eigenvalue weighted by molar-refractivity contribution is -0.167. The highest BCUT2D eigenvalue weighted by molar-refractivity contribution is 5.71. The predicted octanol–water partition coefficient (Wildman–Crippen LogP) is 22.8. The van der Waals surface area contributed by atoms with Gasteiger partial charge in [-0.3, -0.25) is 14.4 Å². The number of carbonyl (C=O) groups is 3. The maximum absolute atomic E-state index is 12.9. The van der Waals surface area contributed by atoms with Crippen LogP contribution in [0.1, 0.15) is 387 Å². The number of hydrogen-bond donors (Lipinski definition) is 0. The van der Waals surface area contributed by atoms with Gasteiger partial charge in [-0.15, -0.1) is 0 Å². The molecule has 0 aliphatic rings. The first kappa shape index (κ1) is 72.2. The van der Waals surface area contributed by atoms with Gasteiger partial charge >= 0.3 is 17.9 Å². The Kier molecular flexibility index (Phi) is 62.1. The first-order valence-corrected chi connectivity index (χ1v) is 33.7. The Morgan fingerprint density at radius 3 is 0.676 bits per heavy atom. The number of allylic oxidation sites excluding steroid dienone is 2. The van der Waals surface area contributed by atoms with E-state index in [1.807, 2.05) is 0 Å². The minimum absolute atomic E-state index is 0.0649. The van der Waals surface area contributed by atoms with Crippen LogP contribution >= 0.6 is 0 Å². The Morgan fingerprint density at radius 1 is 0.257 bits per heavy atom. The molecule has 0 aromatic heterocycles. The summed E-state index contributed by atoms with van der Waals surface area (Å²) in [4.78, 5) is 38.4. The Hall–Kier alpha value is -1.85. The monoisotopic (exact) mass is 1040 g/mol. The van der Waals surface area contributed by atoms with Crippen molar-refractivity contribution in [2.75, 3.05) is 13.2 Å². The first-order chi connectivity index (χ1) is 36.5. The number of esters is 3. The molecule has 0 heterocycles. The smallest absolute Gasteiger partial charge is 0.306 e. The highest BCUT2D eigenvalue weighted by Crippen LogP contribution is 2.18. The van der Waals surface area contributed by atoms with E-state index in [9.17, 15) is 14.4 Å². The molecule has 0 aromatic rings. The van der Waals surface area contributed by atoms with Crippen molar-refractivity contribution < 1.29 is 28.6 Å². The van der Waals surface area contributed by atoms with Gasteiger partial charge in [-0.05, 0) is 44.9 Å². The lowest BCUT2D eigenvalue weighted by Crippen LogP contribution is -2.30. The van der Waals surface area contributed by atoms with Crippen LogP contribution in [0, 0.1) is 0 Å². The van der Waals surface area contributed by atoms with Gasteiger partial charge in [-0.25, -0.2) is 0 Å². The fourth-order valence-corrected chi connectivity index (χ4v) is 10.4. The molecule has 0 bridgehead atoms. The van der Waals surface area contributed by atoms with Crippen LogP contribution in [-0.4, -0.2) is 37.2 Å². The molecule has 6 nitrogen and oxygen atoms in total. The number of rotatable bonds is 63. The van der Waals surface area contributed by atoms with E-state index in [0.717, 1.165) is 57.8 Å². The van der Waals surface area contributed by atoms with Crippen LogP contribution in [-0.2, 0) is 28.6 Å². The SMILES string of the molecule is CCCCCCCCC/C=C\CCCCCCCCCC(=O)OC(COC(=O)CCCCCCCCCCCCCCCCCCC)COC(=O)CCCCCCCCCCCCCCCCCCCCCCC. The minimum Gasteiger partial charge on any atom is -0.462 e. The Morgan fingerprint density at radius 2 is 0.446 bits per heavy atom. The third kappa shape index (κ3) is 61.0. The first-order valence-electron chi connectivity index (χ1n) is 33.7. The summed E-state index contributed by atoms with van der Waals surface area (Å²) in [6.45, 7) is 6.72. The molecule has 0 saturated heterocycles. The molecule has 6 heteroatoms. The zero-order chi connectivity index (χ0) is 53.6. The molecule has 0 aliphatic carbocycles. The summed E-state index contributed by atoms with van der Waals surface area (Å²) in [5.41, 5.74) is 0. The Balaban J connectivity index is 4.29. The largest absolute Gasteiger partial charge is 0.462 e. The van der Waals surface area contributed by atoms with E-state index in [4.69, 9.17) is 14.2 Å². The lowest BCUT2D eigenvalue weighted by Gasteiger charge is -2.18. The zero-order valence-corrected chi connectivity index (χ0v) is 50.4. The third-order valence-corrected chi connectivity index (χ3v) is 15.5. The van der Waals surface area contributed by atoms with Gasteiger partial charge in [0.2, 0.25) is 0 Å². The molecule has 0 saturated carbocycles. The summed E-state index contributed by atoms with van der Waals surface area (Å²) < 4.78 is 17.0. The third-order valence-electron chi connectivity index (χ3n) is 15.5. The average molecular weight is 1040 g/mol. The highest BCUT2D eigenvalue weighted by atomic mass is 16.6. The van der Waals surface area contributed by atoms with Crippen LogP contribution in [0.15, 0.2) is 12.2 Å². The number of carbonyl (C=O) groups excluding carboxylic acids is 3. The molecule has 0 fully saturated rings. The molecule has 1 atom stereocenters. The summed E-state index contributed by atoms with van der Waals surface area (Å²) >= 11 is 0. The number of hydrogen-bond acceptors (Lipinski definition) is 6. The molecular formula is C68H130O6. The summed E-state index contributed by atoms with van der Waals surface area (Å²) in [6.07, 6.45) is 75.1. The normalized spacial score (nSPS) is 12.0. The molecule has 0 rings (SSSR count). The van der Waals surface area contributed by atoms with Crippen LogP contribution in [0.25, 0.3) is 0 Å². The van der Waals surface area contributed by atoms with Gasteiger partial charge < -0.3 is 14.2 Å². The summed E-state index contributed by atoms with van der Waals surface area (Å²) in [5, 5.41) is 0. The van der Waals surface area contributed by atoms with Crippen LogP contribution < -0.4 is 0 Å². The second kappa shape index (κ2) is 63.7. The van der Waals surface area contributed by atoms with Gasteiger partial charge in [-0.2, -0.15) is 0 Å². The molecule has 0 radical (unpaired) electrons. The Labute approximate surface area is 462 Å². The number of ether oxygens (including phenoxy) is 3. The van der Waals surface area contributed by atoms with E-state index >= 15 is 0 Å². The molecule has 1 unspecified atom stereocenters. The summed E-state index contributed by atoms with van der Waals surface area (Å²) in [6, 6.07) is 0. The van der Waals surface area contributed by atoms with Gasteiger partial charge in [0, 0.05) is 19.3 Å². The molecule has 0 amide bonds. The number of unbranched alkanes of at least 4 members (excludes halogenated alkanes) is 50. The second-order valence-corrected chi connectivity index (χ2v) is 23.1. The van der Waals surface area contributed by atoms with Crippen LogP contribution in [0.5, 0.6) is 0 Å². The Bertz CT molecular complexity index is 1150. The van der Waals surface area contributed by atoms with Gasteiger partial charge in [0.05, 0.1) is 0 Å². The van der Waals surface area contributed by atoms with Gasteiger partial charge in [0.1, 0.15) is 13.2 Å². The van der Waals surface area contributed by atoms with Crippen molar-refractivity contribution >= 4 is 17.9 Å². The van der Waals surface area contributed by atoms with E-state index in [1.165, 1.54) is 289 Å². The maximum Gasteiger partial charge on any atom is 0.306 e. The average Bonchev–Trinajstić information content (AvgIpc) is 3.40. The van der Waals surface area contributed by atoms with Crippen LogP contribution in [0.3, 0.4) is 0 Å². The van der Waals surface area contributed by atoms with Crippen molar-refractivity contribution in [3.63, 3.8) is 0 Å². The van der Waals surface area contributed by atoms with Crippen LogP contribution in [0.4, 0.5) is 0 Å². The summed E-state index contributed by atoms with van der Waals surface area (Å²) in [5.74, 6) is -0.835. The van der Waals surface area contributed by atoms with Crippen molar-refractivity contribution in [1.82, 2.24) is 0 Å². The van der Waals surface area contributed by atoms with Crippen molar-refractivity contribution in [1.29, 1.82) is 0 Å². The van der Waals surface area contributed by atoms with E-state index in [0.29, 0.717) is 19.3 Å². The van der Waals surface area contributed by atoms with Crippen molar-refractivity contribution in [2.24, 2.45) is 0 Å². The molecule has 438 valence electrons. The van der Waals surface area contributed by atoms with E-state index in [2.05, 4.69) is 32.9 Å². The van der Waals surface area contributed by atoms with Crippen LogP contribution in [0.2, 0.25) is 0 Å². The molecular weight excluding hydrogens is 913 g/mol. The van der Waals surface area contributed by atoms with E-state index < -0.39 is 6.10 Å². The van der Waals surface area contributed by atoms with Crippen molar-refractivity contribution in [2.45, 2.75) is 393 Å². The van der Waals surface area contributed by atoms with Crippen molar-refractivity contribution in [3.05, 3.63) is 12.2 Å². The zero-order valence-electron chi connectivity index (χ0n) is 50.4. The highest BCUT2D eigenvalue weighted by Gasteiger charge is 2.19. The quantitative estimate of drug-likeness (QED) is 0.0261. The fraction of sp³-hybridized carbons (Fsp3) is 0.926. The van der Waals surface area contributed by atoms with Crippen molar-refractivity contribution in [3.8, 4) is 0 Å². The fourth-order valence-electron chi connectivity index (χ4n) is 10.4. The van der Waals surface area contributed by atoms with E-state index in [-0.39, 0.29) is 31.1 Å². The second-order valence-electron chi connectivity index (χ2n) is 23.1. The topological polar surface area (TPSA) is 78.9 Å². The predicted molar refractivity (Wildman–Crippen MR) is 321 cm³/mol. The molecule has 0 spiro atoms. The maximum atomic E-state index is 12.9. The van der Waals surface area contributed by atoms with Gasteiger partial charge in [0.15, 0.2) is 6.10 Å². The van der Waals surface area contributed by atoms with E-state index in [1.54, 1.807) is 0 Å². The van der Waals surface area contributed by atoms with Gasteiger partial charge in [-0.1, -0.05) is 335 Å². The lowest BCUT2D eigenvalue weighted by atomic mass is 10.0. The standard InChI is InChI=1S/C68H130O6/c1-4-7-10-13-16-19-22-25-28-31-33-34-35-38-40-43-46-49-52-55-58-61-67(70)73-64-65(63-72-66(69)60-57-54-51-48-45-42-39-36-30-27-24-21-18-15-12-9-6-3)74-68(71)62-59-56-53-50-47-44-41-37-32-29-26-23-20-17-14-11-8-5-2/h29,32,65H,4-28,30-31,33-64H2,1-3H3/b32-29-. The minimum atomic E-state index is -0.768. The molecule has 74 heavy (non-hydrogen) atoms.